The van der Waals surface area contributed by atoms with E-state index in [9.17, 15) is 4.79 Å². The van der Waals surface area contributed by atoms with Crippen LogP contribution in [0.5, 0.6) is 0 Å². The van der Waals surface area contributed by atoms with Gasteiger partial charge in [0, 0.05) is 18.9 Å². The molecule has 15 heavy (non-hydrogen) atoms. The molecule has 0 amide bonds. The van der Waals surface area contributed by atoms with E-state index >= 15 is 0 Å². The largest absolute Gasteiger partial charge is 0.378 e. The molecule has 2 rings (SSSR count). The van der Waals surface area contributed by atoms with E-state index in [1.54, 1.807) is 0 Å². The maximum absolute atomic E-state index is 11.9. The van der Waals surface area contributed by atoms with Crippen molar-refractivity contribution in [2.24, 2.45) is 11.8 Å². The van der Waals surface area contributed by atoms with Crippen molar-refractivity contribution in [3.63, 3.8) is 0 Å². The molecule has 1 saturated heterocycles. The van der Waals surface area contributed by atoms with Crippen molar-refractivity contribution in [1.82, 2.24) is 0 Å². The monoisotopic (exact) mass is 210 g/mol. The quantitative estimate of drug-likeness (QED) is 0.713. The van der Waals surface area contributed by atoms with Crippen molar-refractivity contribution in [2.75, 3.05) is 6.61 Å². The first-order valence-electron chi connectivity index (χ1n) is 6.40. The molecule has 0 bridgehead atoms. The minimum Gasteiger partial charge on any atom is -0.378 e. The molecule has 2 nitrogen and oxygen atoms in total. The Morgan fingerprint density at radius 1 is 1.33 bits per heavy atom. The van der Waals surface area contributed by atoms with Crippen molar-refractivity contribution < 1.29 is 9.53 Å². The molecule has 2 heteroatoms. The summed E-state index contributed by atoms with van der Waals surface area (Å²) >= 11 is 0. The molecule has 1 aliphatic carbocycles. The van der Waals surface area contributed by atoms with Gasteiger partial charge in [-0.15, -0.1) is 0 Å². The first-order chi connectivity index (χ1) is 7.25. The van der Waals surface area contributed by atoms with Crippen LogP contribution in [0.3, 0.4) is 0 Å². The molecule has 0 aromatic carbocycles. The highest BCUT2D eigenvalue weighted by Gasteiger charge is 2.27. The second-order valence-electron chi connectivity index (χ2n) is 5.26. The third kappa shape index (κ3) is 3.04. The van der Waals surface area contributed by atoms with Crippen LogP contribution in [0.25, 0.3) is 0 Å². The highest BCUT2D eigenvalue weighted by atomic mass is 16.5. The van der Waals surface area contributed by atoms with E-state index in [1.165, 1.54) is 12.8 Å². The first-order valence-corrected chi connectivity index (χ1v) is 6.40. The number of hydrogen-bond acceptors (Lipinski definition) is 2. The van der Waals surface area contributed by atoms with Crippen LogP contribution in [-0.4, -0.2) is 18.5 Å². The normalized spacial score (nSPS) is 35.9. The van der Waals surface area contributed by atoms with Crippen LogP contribution in [0.4, 0.5) is 0 Å². The van der Waals surface area contributed by atoms with E-state index in [2.05, 4.69) is 6.92 Å². The van der Waals surface area contributed by atoms with E-state index in [-0.39, 0.29) is 0 Å². The summed E-state index contributed by atoms with van der Waals surface area (Å²) in [6, 6.07) is 0. The Kier molecular flexibility index (Phi) is 3.79. The van der Waals surface area contributed by atoms with Gasteiger partial charge in [0.25, 0.3) is 0 Å². The Morgan fingerprint density at radius 2 is 2.20 bits per heavy atom. The summed E-state index contributed by atoms with van der Waals surface area (Å²) < 4.78 is 5.53. The fourth-order valence-corrected chi connectivity index (χ4v) is 2.88. The van der Waals surface area contributed by atoms with Gasteiger partial charge in [0.2, 0.25) is 0 Å². The Hall–Kier alpha value is -0.370. The summed E-state index contributed by atoms with van der Waals surface area (Å²) in [5, 5.41) is 0. The zero-order valence-electron chi connectivity index (χ0n) is 9.71. The summed E-state index contributed by atoms with van der Waals surface area (Å²) in [4.78, 5) is 11.9. The molecule has 1 aliphatic heterocycles. The molecule has 0 aromatic rings. The zero-order valence-corrected chi connectivity index (χ0v) is 9.71. The Morgan fingerprint density at radius 3 is 2.80 bits per heavy atom. The van der Waals surface area contributed by atoms with Crippen molar-refractivity contribution in [3.05, 3.63) is 0 Å². The average Bonchev–Trinajstić information content (AvgIpc) is 2.84. The van der Waals surface area contributed by atoms with Crippen LogP contribution in [0.2, 0.25) is 0 Å². The first kappa shape index (κ1) is 11.1. The topological polar surface area (TPSA) is 26.3 Å². The fraction of sp³-hybridized carbons (Fsp3) is 0.923. The highest BCUT2D eigenvalue weighted by Crippen LogP contribution is 2.32. The summed E-state index contributed by atoms with van der Waals surface area (Å²) in [5.41, 5.74) is 0. The number of carbonyl (C=O) groups is 1. The van der Waals surface area contributed by atoms with Crippen LogP contribution in [0, 0.1) is 11.8 Å². The Bertz CT molecular complexity index is 219. The van der Waals surface area contributed by atoms with Crippen LogP contribution >= 0.6 is 0 Å². The van der Waals surface area contributed by atoms with Crippen molar-refractivity contribution in [3.8, 4) is 0 Å². The molecular formula is C13H22O2. The summed E-state index contributed by atoms with van der Waals surface area (Å²) in [5.74, 6) is 1.64. The molecule has 2 fully saturated rings. The number of ketones is 1. The molecule has 1 heterocycles. The number of carbonyl (C=O) groups excluding carboxylic acids is 1. The van der Waals surface area contributed by atoms with Gasteiger partial charge in [0.1, 0.15) is 5.78 Å². The lowest BCUT2D eigenvalue weighted by molar-refractivity contribution is -0.123. The van der Waals surface area contributed by atoms with E-state index in [4.69, 9.17) is 4.74 Å². The lowest BCUT2D eigenvalue weighted by Gasteiger charge is -2.11. The van der Waals surface area contributed by atoms with Gasteiger partial charge in [-0.3, -0.25) is 4.79 Å². The Balaban J connectivity index is 1.67. The molecule has 3 atom stereocenters. The zero-order chi connectivity index (χ0) is 10.7. The second-order valence-corrected chi connectivity index (χ2v) is 5.26. The number of ether oxygens (including phenoxy) is 1. The molecule has 3 unspecified atom stereocenters. The maximum atomic E-state index is 11.9. The summed E-state index contributed by atoms with van der Waals surface area (Å²) in [6.07, 6.45) is 7.94. The molecule has 86 valence electrons. The molecule has 0 aromatic heterocycles. The summed E-state index contributed by atoms with van der Waals surface area (Å²) in [6.45, 7) is 3.16. The van der Waals surface area contributed by atoms with Crippen LogP contribution in [0.15, 0.2) is 0 Å². The predicted molar refractivity (Wildman–Crippen MR) is 59.7 cm³/mol. The predicted octanol–water partition coefficient (Wildman–Crippen LogP) is 2.95. The maximum Gasteiger partial charge on any atom is 0.136 e. The van der Waals surface area contributed by atoms with Gasteiger partial charge in [-0.2, -0.15) is 0 Å². The van der Waals surface area contributed by atoms with E-state index in [0.29, 0.717) is 17.8 Å². The van der Waals surface area contributed by atoms with E-state index in [1.807, 2.05) is 0 Å². The second kappa shape index (κ2) is 5.11. The van der Waals surface area contributed by atoms with Gasteiger partial charge in [-0.25, -0.2) is 0 Å². The fourth-order valence-electron chi connectivity index (χ4n) is 2.88. The van der Waals surface area contributed by atoms with Gasteiger partial charge in [-0.1, -0.05) is 6.92 Å². The molecular weight excluding hydrogens is 188 g/mol. The molecule has 2 aliphatic rings. The minimum absolute atomic E-state index is 0.376. The van der Waals surface area contributed by atoms with Crippen LogP contribution < -0.4 is 0 Å². The lowest BCUT2D eigenvalue weighted by Crippen LogP contribution is -2.14. The Labute approximate surface area is 92.4 Å². The number of hydrogen-bond donors (Lipinski definition) is 0. The number of rotatable bonds is 4. The van der Waals surface area contributed by atoms with Crippen LogP contribution in [0.1, 0.15) is 51.9 Å². The van der Waals surface area contributed by atoms with Crippen molar-refractivity contribution in [1.29, 1.82) is 0 Å². The van der Waals surface area contributed by atoms with Crippen LogP contribution in [-0.2, 0) is 9.53 Å². The van der Waals surface area contributed by atoms with E-state index < -0.39 is 0 Å². The van der Waals surface area contributed by atoms with Gasteiger partial charge in [-0.05, 0) is 44.4 Å². The lowest BCUT2D eigenvalue weighted by atomic mass is 9.96. The molecule has 0 N–H and O–H groups in total. The van der Waals surface area contributed by atoms with Gasteiger partial charge >= 0.3 is 0 Å². The van der Waals surface area contributed by atoms with E-state index in [0.717, 1.165) is 44.6 Å². The van der Waals surface area contributed by atoms with Gasteiger partial charge < -0.3 is 4.74 Å². The average molecular weight is 210 g/mol. The highest BCUT2D eigenvalue weighted by molar-refractivity contribution is 5.81. The standard InChI is InChI=1S/C13H22O2/c1-10-4-5-11(9-10)13(14)7-6-12-3-2-8-15-12/h10-12H,2-9H2,1H3. The third-order valence-electron chi connectivity index (χ3n) is 3.89. The minimum atomic E-state index is 0.376. The molecule has 0 radical (unpaired) electrons. The molecule has 1 saturated carbocycles. The third-order valence-corrected chi connectivity index (χ3v) is 3.89. The number of Topliss-reactive ketones (excluding diaryl/α,β-unsaturated/α-hetero) is 1. The summed E-state index contributed by atoms with van der Waals surface area (Å²) in [7, 11) is 0. The van der Waals surface area contributed by atoms with Crippen molar-refractivity contribution >= 4 is 5.78 Å². The van der Waals surface area contributed by atoms with Gasteiger partial charge in [0.05, 0.1) is 6.10 Å². The van der Waals surface area contributed by atoms with Crippen molar-refractivity contribution in [2.45, 2.75) is 58.0 Å². The van der Waals surface area contributed by atoms with Gasteiger partial charge in [0.15, 0.2) is 0 Å². The smallest absolute Gasteiger partial charge is 0.136 e. The molecule has 0 spiro atoms. The SMILES string of the molecule is CC1CCC(C(=O)CCC2CCCO2)C1.